The van der Waals surface area contributed by atoms with E-state index in [-0.39, 0.29) is 30.7 Å². The fourth-order valence-electron chi connectivity index (χ4n) is 6.16. The summed E-state index contributed by atoms with van der Waals surface area (Å²) >= 11 is 0. The van der Waals surface area contributed by atoms with E-state index in [1.165, 1.54) is 33.0 Å². The molecule has 6 rings (SSSR count). The molecule has 0 saturated carbocycles. The number of amides is 3. The lowest BCUT2D eigenvalue weighted by atomic mass is 9.85. The summed E-state index contributed by atoms with van der Waals surface area (Å²) in [6.45, 7) is 5.03. The van der Waals surface area contributed by atoms with Crippen LogP contribution in [-0.4, -0.2) is 51.6 Å². The van der Waals surface area contributed by atoms with Gasteiger partial charge in [-0.25, -0.2) is 4.39 Å². The van der Waals surface area contributed by atoms with Gasteiger partial charge in [-0.1, -0.05) is 18.2 Å². The molecule has 2 aromatic carbocycles. The van der Waals surface area contributed by atoms with Crippen molar-refractivity contribution in [3.05, 3.63) is 70.2 Å². The number of benzene rings is 2. The number of H-pyrrole nitrogens is 1. The Morgan fingerprint density at radius 2 is 1.89 bits per heavy atom. The first kappa shape index (κ1) is 22.9. The number of rotatable bonds is 4. The Kier molecular flexibility index (Phi) is 5.63. The molecule has 3 aliphatic rings. The summed E-state index contributed by atoms with van der Waals surface area (Å²) in [5.41, 5.74) is 5.77. The van der Waals surface area contributed by atoms with Crippen LogP contribution in [0.5, 0.6) is 0 Å². The van der Waals surface area contributed by atoms with Gasteiger partial charge in [-0.3, -0.25) is 24.6 Å². The molecule has 4 heterocycles. The zero-order chi connectivity index (χ0) is 25.0. The third kappa shape index (κ3) is 3.89. The van der Waals surface area contributed by atoms with Crippen molar-refractivity contribution in [2.75, 3.05) is 13.1 Å². The fourth-order valence-corrected chi connectivity index (χ4v) is 6.16. The smallest absolute Gasteiger partial charge is 0.255 e. The number of fused-ring (bicyclic) bond motifs is 2. The number of hydrogen-bond acceptors (Lipinski definition) is 4. The summed E-state index contributed by atoms with van der Waals surface area (Å²) in [4.78, 5) is 44.4. The Balaban J connectivity index is 1.18. The van der Waals surface area contributed by atoms with Crippen LogP contribution in [0.15, 0.2) is 36.5 Å². The van der Waals surface area contributed by atoms with Gasteiger partial charge in [-0.2, -0.15) is 0 Å². The van der Waals surface area contributed by atoms with Crippen molar-refractivity contribution >= 4 is 28.6 Å². The van der Waals surface area contributed by atoms with Crippen LogP contribution in [-0.2, 0) is 22.7 Å². The number of halogens is 1. The summed E-state index contributed by atoms with van der Waals surface area (Å²) in [5.74, 6) is -1.35. The van der Waals surface area contributed by atoms with Crippen molar-refractivity contribution in [3.63, 3.8) is 0 Å². The monoisotopic (exact) mass is 488 g/mol. The minimum Gasteiger partial charge on any atom is -0.361 e. The van der Waals surface area contributed by atoms with Crippen molar-refractivity contribution in [3.8, 4) is 0 Å². The number of likely N-dealkylation sites (tertiary alicyclic amines) is 1. The Hall–Kier alpha value is -3.52. The van der Waals surface area contributed by atoms with Gasteiger partial charge < -0.3 is 9.88 Å². The second-order valence-electron chi connectivity index (χ2n) is 10.3. The Morgan fingerprint density at radius 3 is 2.67 bits per heavy atom. The predicted octanol–water partition coefficient (Wildman–Crippen LogP) is 3.76. The second kappa shape index (κ2) is 8.85. The molecular formula is C28H29FN4O3. The molecule has 3 aromatic rings. The third-order valence-corrected chi connectivity index (χ3v) is 8.09. The quantitative estimate of drug-likeness (QED) is 0.548. The molecule has 1 unspecified atom stereocenters. The molecule has 2 N–H and O–H groups in total. The van der Waals surface area contributed by atoms with Crippen LogP contribution in [0, 0.1) is 12.7 Å². The lowest BCUT2D eigenvalue weighted by molar-refractivity contribution is -0.136. The maximum absolute atomic E-state index is 14.6. The molecule has 3 aliphatic heterocycles. The number of imide groups is 1. The lowest BCUT2D eigenvalue weighted by Gasteiger charge is -2.33. The molecule has 0 spiro atoms. The van der Waals surface area contributed by atoms with Crippen molar-refractivity contribution < 1.29 is 18.8 Å². The number of aryl methyl sites for hydroxylation is 1. The van der Waals surface area contributed by atoms with Crippen LogP contribution in [0.1, 0.15) is 64.2 Å². The molecule has 0 bridgehead atoms. The lowest BCUT2D eigenvalue weighted by Crippen LogP contribution is -2.52. The molecule has 2 fully saturated rings. The molecule has 186 valence electrons. The summed E-state index contributed by atoms with van der Waals surface area (Å²) in [5, 5.41) is 3.58. The predicted molar refractivity (Wildman–Crippen MR) is 133 cm³/mol. The molecular weight excluding hydrogens is 459 g/mol. The maximum Gasteiger partial charge on any atom is 0.255 e. The molecule has 0 aliphatic carbocycles. The molecule has 1 aromatic heterocycles. The standard InChI is InChI=1S/C28H29FN4O3/c1-16-3-2-4-20-18(13-30-26(16)20)14-32-9-7-17(8-10-32)21-11-19(29)12-22-23(21)15-33(28(22)36)24-5-6-25(34)31-27(24)35/h2-4,11-13,17,24,30H,5-10,14-15H2,1H3,(H,31,34,35). The number of piperidine rings is 2. The van der Waals surface area contributed by atoms with Crippen LogP contribution in [0.25, 0.3) is 10.9 Å². The van der Waals surface area contributed by atoms with Gasteiger partial charge in [-0.05, 0) is 79.6 Å². The molecule has 8 heteroatoms. The number of aromatic amines is 1. The Bertz CT molecular complexity index is 1390. The molecule has 7 nitrogen and oxygen atoms in total. The van der Waals surface area contributed by atoms with E-state index in [9.17, 15) is 18.8 Å². The minimum absolute atomic E-state index is 0.158. The fraction of sp³-hybridized carbons (Fsp3) is 0.393. The zero-order valence-electron chi connectivity index (χ0n) is 20.3. The number of carbonyl (C=O) groups is 3. The second-order valence-corrected chi connectivity index (χ2v) is 10.3. The Labute approximate surface area is 208 Å². The summed E-state index contributed by atoms with van der Waals surface area (Å²) < 4.78 is 14.6. The van der Waals surface area contributed by atoms with Gasteiger partial charge in [0.15, 0.2) is 0 Å². The van der Waals surface area contributed by atoms with Crippen LogP contribution < -0.4 is 5.32 Å². The number of carbonyl (C=O) groups excluding carboxylic acids is 3. The number of hydrogen-bond donors (Lipinski definition) is 2. The summed E-state index contributed by atoms with van der Waals surface area (Å²) in [7, 11) is 0. The Morgan fingerprint density at radius 1 is 1.08 bits per heavy atom. The van der Waals surface area contributed by atoms with Crippen molar-refractivity contribution in [1.82, 2.24) is 20.1 Å². The number of nitrogens with one attached hydrogen (secondary N) is 2. The normalized spacial score (nSPS) is 21.3. The topological polar surface area (TPSA) is 85.5 Å². The van der Waals surface area contributed by atoms with E-state index in [0.717, 1.165) is 43.6 Å². The van der Waals surface area contributed by atoms with Gasteiger partial charge in [-0.15, -0.1) is 0 Å². The number of para-hydroxylation sites is 1. The molecule has 3 amide bonds. The van der Waals surface area contributed by atoms with Crippen LogP contribution >= 0.6 is 0 Å². The first-order valence-corrected chi connectivity index (χ1v) is 12.6. The van der Waals surface area contributed by atoms with Crippen LogP contribution in [0.3, 0.4) is 0 Å². The van der Waals surface area contributed by atoms with Gasteiger partial charge in [0, 0.05) is 42.2 Å². The van der Waals surface area contributed by atoms with Gasteiger partial charge in [0.1, 0.15) is 11.9 Å². The first-order valence-electron chi connectivity index (χ1n) is 12.6. The van der Waals surface area contributed by atoms with E-state index in [2.05, 4.69) is 46.5 Å². The van der Waals surface area contributed by atoms with E-state index in [4.69, 9.17) is 0 Å². The van der Waals surface area contributed by atoms with E-state index in [1.54, 1.807) is 6.07 Å². The van der Waals surface area contributed by atoms with E-state index in [1.807, 2.05) is 0 Å². The number of nitrogens with zero attached hydrogens (tertiary/aromatic N) is 2. The molecule has 1 atom stereocenters. The summed E-state index contributed by atoms with van der Waals surface area (Å²) in [6, 6.07) is 8.52. The third-order valence-electron chi connectivity index (χ3n) is 8.09. The van der Waals surface area contributed by atoms with Crippen molar-refractivity contribution in [1.29, 1.82) is 0 Å². The van der Waals surface area contributed by atoms with Gasteiger partial charge in [0.05, 0.1) is 0 Å². The zero-order valence-corrected chi connectivity index (χ0v) is 20.3. The highest BCUT2D eigenvalue weighted by molar-refractivity contribution is 6.05. The van der Waals surface area contributed by atoms with E-state index >= 15 is 0 Å². The highest BCUT2D eigenvalue weighted by Crippen LogP contribution is 2.38. The summed E-state index contributed by atoms with van der Waals surface area (Å²) in [6.07, 6.45) is 4.35. The SMILES string of the molecule is Cc1cccc2c(CN3CCC(c4cc(F)cc5c4CN(C4CCC(=O)NC4=O)C5=O)CC3)c[nH]c12. The van der Waals surface area contributed by atoms with Crippen molar-refractivity contribution in [2.45, 2.75) is 57.7 Å². The highest BCUT2D eigenvalue weighted by Gasteiger charge is 2.41. The maximum atomic E-state index is 14.6. The molecule has 0 radical (unpaired) electrons. The molecule has 2 saturated heterocycles. The van der Waals surface area contributed by atoms with E-state index < -0.39 is 17.8 Å². The first-order chi connectivity index (χ1) is 17.4. The van der Waals surface area contributed by atoms with Gasteiger partial charge in [0.25, 0.3) is 5.91 Å². The highest BCUT2D eigenvalue weighted by atomic mass is 19.1. The minimum atomic E-state index is -0.694. The van der Waals surface area contributed by atoms with E-state index in [0.29, 0.717) is 12.0 Å². The largest absolute Gasteiger partial charge is 0.361 e. The van der Waals surface area contributed by atoms with Crippen molar-refractivity contribution in [2.24, 2.45) is 0 Å². The van der Waals surface area contributed by atoms with Gasteiger partial charge in [0.2, 0.25) is 11.8 Å². The average Bonchev–Trinajstić information content (AvgIpc) is 3.41. The van der Waals surface area contributed by atoms with Crippen LogP contribution in [0.2, 0.25) is 0 Å². The molecule has 36 heavy (non-hydrogen) atoms. The van der Waals surface area contributed by atoms with Crippen LogP contribution in [0.4, 0.5) is 4.39 Å². The van der Waals surface area contributed by atoms with Gasteiger partial charge >= 0.3 is 0 Å². The average molecular weight is 489 g/mol. The number of aromatic nitrogens is 1.